The molecule has 1 aliphatic heterocycles. The van der Waals surface area contributed by atoms with Gasteiger partial charge in [-0.3, -0.25) is 0 Å². The minimum absolute atomic E-state index is 0.368. The van der Waals surface area contributed by atoms with Crippen LogP contribution in [0.4, 0.5) is 0 Å². The summed E-state index contributed by atoms with van der Waals surface area (Å²) in [5.41, 5.74) is 1.14. The first kappa shape index (κ1) is 9.81. The molecule has 76 valence electrons. The minimum atomic E-state index is 0.368. The Balaban J connectivity index is 2.21. The Bertz CT molecular complexity index is 321. The highest BCUT2D eigenvalue weighted by molar-refractivity contribution is 6.32. The van der Waals surface area contributed by atoms with Crippen LogP contribution in [-0.2, 0) is 11.2 Å². The molecule has 0 N–H and O–H groups in total. The zero-order chi connectivity index (χ0) is 9.97. The SMILES string of the molecule is CCOc1c(Cl)cccc1CC1CO1. The highest BCUT2D eigenvalue weighted by Gasteiger charge is 2.24. The third-order valence-corrected chi connectivity index (χ3v) is 2.48. The quantitative estimate of drug-likeness (QED) is 0.716. The number of para-hydroxylation sites is 1. The van der Waals surface area contributed by atoms with Crippen molar-refractivity contribution in [2.24, 2.45) is 0 Å². The van der Waals surface area contributed by atoms with E-state index in [9.17, 15) is 0 Å². The molecule has 14 heavy (non-hydrogen) atoms. The second-order valence-electron chi connectivity index (χ2n) is 3.32. The predicted octanol–water partition coefficient (Wildman–Crippen LogP) is 2.68. The Kier molecular flexibility index (Phi) is 2.94. The zero-order valence-corrected chi connectivity index (χ0v) is 8.88. The molecule has 2 rings (SSSR count). The van der Waals surface area contributed by atoms with Crippen molar-refractivity contribution >= 4 is 11.6 Å². The topological polar surface area (TPSA) is 21.8 Å². The van der Waals surface area contributed by atoms with E-state index >= 15 is 0 Å². The lowest BCUT2D eigenvalue weighted by Crippen LogP contribution is -2.00. The fraction of sp³-hybridized carbons (Fsp3) is 0.455. The average Bonchev–Trinajstić information content (AvgIpc) is 2.95. The number of halogens is 1. The van der Waals surface area contributed by atoms with Crippen molar-refractivity contribution < 1.29 is 9.47 Å². The normalized spacial score (nSPS) is 19.4. The predicted molar refractivity (Wildman–Crippen MR) is 56.1 cm³/mol. The van der Waals surface area contributed by atoms with Gasteiger partial charge < -0.3 is 9.47 Å². The van der Waals surface area contributed by atoms with Gasteiger partial charge in [0.25, 0.3) is 0 Å². The lowest BCUT2D eigenvalue weighted by atomic mass is 10.1. The molecule has 1 aromatic carbocycles. The summed E-state index contributed by atoms with van der Waals surface area (Å²) >= 11 is 6.05. The van der Waals surface area contributed by atoms with Crippen LogP contribution in [-0.4, -0.2) is 19.3 Å². The van der Waals surface area contributed by atoms with Gasteiger partial charge in [-0.2, -0.15) is 0 Å². The van der Waals surface area contributed by atoms with Crippen LogP contribution in [0.25, 0.3) is 0 Å². The largest absolute Gasteiger partial charge is 0.492 e. The van der Waals surface area contributed by atoms with Gasteiger partial charge >= 0.3 is 0 Å². The number of benzene rings is 1. The molecule has 2 nitrogen and oxygen atoms in total. The minimum Gasteiger partial charge on any atom is -0.492 e. The van der Waals surface area contributed by atoms with E-state index in [1.807, 2.05) is 25.1 Å². The van der Waals surface area contributed by atoms with Crippen molar-refractivity contribution in [1.82, 2.24) is 0 Å². The van der Waals surface area contributed by atoms with Crippen LogP contribution >= 0.6 is 11.6 Å². The highest BCUT2D eigenvalue weighted by atomic mass is 35.5. The molecule has 1 aromatic rings. The van der Waals surface area contributed by atoms with Crippen LogP contribution in [0.3, 0.4) is 0 Å². The molecular weight excluding hydrogens is 200 g/mol. The third kappa shape index (κ3) is 2.20. The Morgan fingerprint density at radius 2 is 2.36 bits per heavy atom. The van der Waals surface area contributed by atoms with Crippen LogP contribution < -0.4 is 4.74 Å². The summed E-state index contributed by atoms with van der Waals surface area (Å²) in [5, 5.41) is 0.685. The Labute approximate surface area is 88.8 Å². The lowest BCUT2D eigenvalue weighted by molar-refractivity contribution is 0.333. The van der Waals surface area contributed by atoms with Crippen molar-refractivity contribution in [2.45, 2.75) is 19.4 Å². The number of rotatable bonds is 4. The molecule has 0 saturated carbocycles. The fourth-order valence-electron chi connectivity index (χ4n) is 1.45. The summed E-state index contributed by atoms with van der Waals surface area (Å²) in [5.74, 6) is 0.812. The van der Waals surface area contributed by atoms with Gasteiger partial charge in [-0.15, -0.1) is 0 Å². The number of hydrogen-bond donors (Lipinski definition) is 0. The maximum Gasteiger partial charge on any atom is 0.141 e. The van der Waals surface area contributed by atoms with E-state index in [0.29, 0.717) is 17.7 Å². The molecule has 1 saturated heterocycles. The standard InChI is InChI=1S/C11H13ClO2/c1-2-13-11-8(6-9-7-14-9)4-3-5-10(11)12/h3-5,9H,2,6-7H2,1H3. The number of hydrogen-bond acceptors (Lipinski definition) is 2. The number of epoxide rings is 1. The van der Waals surface area contributed by atoms with Gasteiger partial charge in [-0.05, 0) is 18.6 Å². The first-order valence-corrected chi connectivity index (χ1v) is 5.21. The lowest BCUT2D eigenvalue weighted by Gasteiger charge is -2.10. The van der Waals surface area contributed by atoms with Crippen LogP contribution in [0, 0.1) is 0 Å². The molecule has 1 heterocycles. The van der Waals surface area contributed by atoms with E-state index in [2.05, 4.69) is 0 Å². The Morgan fingerprint density at radius 1 is 1.57 bits per heavy atom. The van der Waals surface area contributed by atoms with Gasteiger partial charge in [-0.1, -0.05) is 23.7 Å². The van der Waals surface area contributed by atoms with Crippen molar-refractivity contribution in [1.29, 1.82) is 0 Å². The smallest absolute Gasteiger partial charge is 0.141 e. The van der Waals surface area contributed by atoms with Gasteiger partial charge in [0.15, 0.2) is 0 Å². The summed E-state index contributed by atoms with van der Waals surface area (Å²) in [6.07, 6.45) is 1.27. The second kappa shape index (κ2) is 4.20. The van der Waals surface area contributed by atoms with E-state index in [-0.39, 0.29) is 0 Å². The van der Waals surface area contributed by atoms with Crippen molar-refractivity contribution in [2.75, 3.05) is 13.2 Å². The zero-order valence-electron chi connectivity index (χ0n) is 8.13. The van der Waals surface area contributed by atoms with E-state index in [4.69, 9.17) is 21.1 Å². The van der Waals surface area contributed by atoms with Gasteiger partial charge in [0.2, 0.25) is 0 Å². The molecule has 3 heteroatoms. The van der Waals surface area contributed by atoms with Crippen LogP contribution in [0.2, 0.25) is 5.02 Å². The molecular formula is C11H13ClO2. The van der Waals surface area contributed by atoms with Crippen molar-refractivity contribution in [3.05, 3.63) is 28.8 Å². The summed E-state index contributed by atoms with van der Waals surface area (Å²) in [4.78, 5) is 0. The maximum atomic E-state index is 6.05. The third-order valence-electron chi connectivity index (χ3n) is 2.19. The Morgan fingerprint density at radius 3 is 3.00 bits per heavy atom. The van der Waals surface area contributed by atoms with Crippen molar-refractivity contribution in [3.63, 3.8) is 0 Å². The van der Waals surface area contributed by atoms with Crippen molar-refractivity contribution in [3.8, 4) is 5.75 Å². The molecule has 1 unspecified atom stereocenters. The van der Waals surface area contributed by atoms with Gasteiger partial charge in [0.05, 0.1) is 24.3 Å². The Hall–Kier alpha value is -0.730. The highest BCUT2D eigenvalue weighted by Crippen LogP contribution is 2.31. The molecule has 0 spiro atoms. The average molecular weight is 213 g/mol. The first-order valence-electron chi connectivity index (χ1n) is 4.83. The van der Waals surface area contributed by atoms with Gasteiger partial charge in [0, 0.05) is 6.42 Å². The molecule has 0 bridgehead atoms. The summed E-state index contributed by atoms with van der Waals surface area (Å²) in [6, 6.07) is 5.84. The summed E-state index contributed by atoms with van der Waals surface area (Å²) in [6.45, 7) is 3.46. The summed E-state index contributed by atoms with van der Waals surface area (Å²) in [7, 11) is 0. The second-order valence-corrected chi connectivity index (χ2v) is 3.73. The van der Waals surface area contributed by atoms with Gasteiger partial charge in [0.1, 0.15) is 5.75 Å². The molecule has 0 amide bonds. The molecule has 1 fully saturated rings. The van der Waals surface area contributed by atoms with Crippen LogP contribution in [0.5, 0.6) is 5.75 Å². The van der Waals surface area contributed by atoms with Gasteiger partial charge in [-0.25, -0.2) is 0 Å². The molecule has 0 aliphatic carbocycles. The first-order chi connectivity index (χ1) is 6.81. The number of ether oxygens (including phenoxy) is 2. The van der Waals surface area contributed by atoms with Crippen LogP contribution in [0.15, 0.2) is 18.2 Å². The van der Waals surface area contributed by atoms with Crippen LogP contribution in [0.1, 0.15) is 12.5 Å². The van der Waals surface area contributed by atoms with E-state index in [1.165, 1.54) is 0 Å². The fourth-order valence-corrected chi connectivity index (χ4v) is 1.70. The molecule has 0 radical (unpaired) electrons. The molecule has 0 aromatic heterocycles. The van der Waals surface area contributed by atoms with E-state index in [1.54, 1.807) is 0 Å². The maximum absolute atomic E-state index is 6.05. The monoisotopic (exact) mass is 212 g/mol. The molecule has 1 aliphatic rings. The van der Waals surface area contributed by atoms with E-state index in [0.717, 1.165) is 24.3 Å². The van der Waals surface area contributed by atoms with E-state index < -0.39 is 0 Å². The molecule has 1 atom stereocenters. The summed E-state index contributed by atoms with van der Waals surface area (Å²) < 4.78 is 10.7.